The number of hydrogen-bond donors (Lipinski definition) is 3. The molecule has 0 aromatic carbocycles. The maximum Gasteiger partial charge on any atom is 0.191 e. The Morgan fingerprint density at radius 1 is 1.36 bits per heavy atom. The molecule has 6 heteroatoms. The molecule has 0 aliphatic heterocycles. The first-order chi connectivity index (χ1) is 12.2. The van der Waals surface area contributed by atoms with Gasteiger partial charge in [0.05, 0.1) is 6.26 Å². The monoisotopic (exact) mass is 353 g/mol. The van der Waals surface area contributed by atoms with Crippen LogP contribution in [0, 0.1) is 11.8 Å². The Kier molecular flexibility index (Phi) is 11.8. The molecule has 1 heterocycles. The van der Waals surface area contributed by atoms with Crippen LogP contribution in [0.3, 0.4) is 0 Å². The molecule has 0 fully saturated rings. The van der Waals surface area contributed by atoms with Crippen LogP contribution < -0.4 is 10.6 Å². The van der Waals surface area contributed by atoms with Crippen LogP contribution in [0.2, 0.25) is 0 Å². The second-order valence-corrected chi connectivity index (χ2v) is 6.64. The second kappa shape index (κ2) is 13.7. The highest BCUT2D eigenvalue weighted by Crippen LogP contribution is 2.15. The van der Waals surface area contributed by atoms with Gasteiger partial charge in [-0.2, -0.15) is 0 Å². The van der Waals surface area contributed by atoms with E-state index >= 15 is 0 Å². The number of nitrogens with zero attached hydrogens (tertiary/aromatic N) is 1. The number of rotatable bonds is 13. The highest BCUT2D eigenvalue weighted by molar-refractivity contribution is 5.79. The van der Waals surface area contributed by atoms with Crippen molar-refractivity contribution in [2.75, 3.05) is 32.8 Å². The summed E-state index contributed by atoms with van der Waals surface area (Å²) in [5, 5.41) is 15.8. The van der Waals surface area contributed by atoms with Crippen molar-refractivity contribution >= 4 is 5.96 Å². The lowest BCUT2D eigenvalue weighted by Crippen LogP contribution is -2.38. The quantitative estimate of drug-likeness (QED) is 0.289. The molecule has 0 spiro atoms. The van der Waals surface area contributed by atoms with E-state index in [1.165, 1.54) is 0 Å². The van der Waals surface area contributed by atoms with Crippen molar-refractivity contribution in [1.29, 1.82) is 0 Å². The minimum Gasteiger partial charge on any atom is -0.467 e. The number of ether oxygens (including phenoxy) is 1. The van der Waals surface area contributed by atoms with Crippen LogP contribution >= 0.6 is 0 Å². The molecule has 1 aromatic heterocycles. The Hall–Kier alpha value is -1.53. The van der Waals surface area contributed by atoms with Crippen molar-refractivity contribution in [1.82, 2.24) is 10.6 Å². The second-order valence-electron chi connectivity index (χ2n) is 6.64. The maximum atomic E-state index is 9.21. The van der Waals surface area contributed by atoms with E-state index in [9.17, 15) is 5.11 Å². The van der Waals surface area contributed by atoms with Gasteiger partial charge in [-0.3, -0.25) is 4.99 Å². The van der Waals surface area contributed by atoms with E-state index in [1.807, 2.05) is 12.1 Å². The predicted molar refractivity (Wildman–Crippen MR) is 102 cm³/mol. The minimum absolute atomic E-state index is 0.226. The molecule has 0 aliphatic rings. The molecule has 0 amide bonds. The van der Waals surface area contributed by atoms with Crippen molar-refractivity contribution in [3.63, 3.8) is 0 Å². The van der Waals surface area contributed by atoms with Gasteiger partial charge in [-0.25, -0.2) is 0 Å². The van der Waals surface area contributed by atoms with Crippen LogP contribution in [0.15, 0.2) is 27.8 Å². The standard InChI is InChI=1S/C19H35N3O3/c1-4-20-19(22-14-17(8-10-23)13-16(2)3)21-9-6-11-24-15-18-7-5-12-25-18/h5,7,12,16-17,23H,4,6,8-11,13-15H2,1-3H3,(H2,20,21,22). The van der Waals surface area contributed by atoms with Crippen molar-refractivity contribution in [2.24, 2.45) is 16.8 Å². The van der Waals surface area contributed by atoms with Gasteiger partial charge in [-0.1, -0.05) is 13.8 Å². The van der Waals surface area contributed by atoms with Crippen LogP contribution in [0.4, 0.5) is 0 Å². The van der Waals surface area contributed by atoms with Crippen LogP contribution in [-0.4, -0.2) is 43.9 Å². The average Bonchev–Trinajstić information content (AvgIpc) is 3.08. The number of hydrogen-bond acceptors (Lipinski definition) is 4. The van der Waals surface area contributed by atoms with E-state index in [0.717, 1.165) is 50.6 Å². The minimum atomic E-state index is 0.226. The van der Waals surface area contributed by atoms with Crippen LogP contribution in [0.1, 0.15) is 45.8 Å². The Balaban J connectivity index is 2.26. The molecule has 1 atom stereocenters. The van der Waals surface area contributed by atoms with Gasteiger partial charge in [0.2, 0.25) is 0 Å². The molecule has 3 N–H and O–H groups in total. The Bertz CT molecular complexity index is 447. The molecule has 0 radical (unpaired) electrons. The number of aliphatic hydroxyl groups excluding tert-OH is 1. The fourth-order valence-corrected chi connectivity index (χ4v) is 2.64. The fraction of sp³-hybridized carbons (Fsp3) is 0.737. The van der Waals surface area contributed by atoms with Crippen molar-refractivity contribution < 1.29 is 14.3 Å². The van der Waals surface area contributed by atoms with E-state index in [1.54, 1.807) is 6.26 Å². The smallest absolute Gasteiger partial charge is 0.191 e. The number of nitrogens with one attached hydrogen (secondary N) is 2. The van der Waals surface area contributed by atoms with Gasteiger partial charge in [0.1, 0.15) is 12.4 Å². The molecular weight excluding hydrogens is 318 g/mol. The summed E-state index contributed by atoms with van der Waals surface area (Å²) in [6, 6.07) is 3.77. The van der Waals surface area contributed by atoms with Gasteiger partial charge in [0.15, 0.2) is 5.96 Å². The lowest BCUT2D eigenvalue weighted by atomic mass is 9.94. The first kappa shape index (κ1) is 21.5. The van der Waals surface area contributed by atoms with Gasteiger partial charge in [0, 0.05) is 32.8 Å². The summed E-state index contributed by atoms with van der Waals surface area (Å²) in [6.45, 7) is 10.3. The first-order valence-corrected chi connectivity index (χ1v) is 9.38. The third-order valence-electron chi connectivity index (χ3n) is 3.78. The van der Waals surface area contributed by atoms with Crippen molar-refractivity contribution in [2.45, 2.75) is 46.6 Å². The first-order valence-electron chi connectivity index (χ1n) is 9.38. The molecule has 0 bridgehead atoms. The van der Waals surface area contributed by atoms with Gasteiger partial charge < -0.3 is 24.9 Å². The summed E-state index contributed by atoms with van der Waals surface area (Å²) in [4.78, 5) is 4.67. The molecule has 1 unspecified atom stereocenters. The van der Waals surface area contributed by atoms with E-state index in [4.69, 9.17) is 9.15 Å². The molecule has 0 saturated heterocycles. The Labute approximate surface area is 152 Å². The molecule has 1 aromatic rings. The Morgan fingerprint density at radius 3 is 2.84 bits per heavy atom. The summed E-state index contributed by atoms with van der Waals surface area (Å²) in [7, 11) is 0. The van der Waals surface area contributed by atoms with Gasteiger partial charge in [-0.05, 0) is 50.2 Å². The van der Waals surface area contributed by atoms with Crippen LogP contribution in [-0.2, 0) is 11.3 Å². The molecule has 0 saturated carbocycles. The lowest BCUT2D eigenvalue weighted by Gasteiger charge is -2.17. The van der Waals surface area contributed by atoms with Crippen molar-refractivity contribution in [3.05, 3.63) is 24.2 Å². The van der Waals surface area contributed by atoms with E-state index in [-0.39, 0.29) is 6.61 Å². The fourth-order valence-electron chi connectivity index (χ4n) is 2.64. The summed E-state index contributed by atoms with van der Waals surface area (Å²) < 4.78 is 10.8. The molecule has 0 aliphatic carbocycles. The molecule has 25 heavy (non-hydrogen) atoms. The van der Waals surface area contributed by atoms with Crippen LogP contribution in [0.5, 0.6) is 0 Å². The largest absolute Gasteiger partial charge is 0.467 e. The zero-order chi connectivity index (χ0) is 18.3. The van der Waals surface area contributed by atoms with Gasteiger partial charge in [0.25, 0.3) is 0 Å². The van der Waals surface area contributed by atoms with E-state index in [0.29, 0.717) is 25.0 Å². The number of guanidine groups is 1. The highest BCUT2D eigenvalue weighted by atomic mass is 16.5. The molecule has 144 valence electrons. The van der Waals surface area contributed by atoms with E-state index in [2.05, 4.69) is 36.4 Å². The zero-order valence-electron chi connectivity index (χ0n) is 16.0. The topological polar surface area (TPSA) is 79.0 Å². The van der Waals surface area contributed by atoms with Gasteiger partial charge in [-0.15, -0.1) is 0 Å². The van der Waals surface area contributed by atoms with Gasteiger partial charge >= 0.3 is 0 Å². The molecular formula is C19H35N3O3. The zero-order valence-corrected chi connectivity index (χ0v) is 16.0. The van der Waals surface area contributed by atoms with E-state index < -0.39 is 0 Å². The number of aliphatic imine (C=N–C) groups is 1. The third kappa shape index (κ3) is 10.8. The highest BCUT2D eigenvalue weighted by Gasteiger charge is 2.10. The predicted octanol–water partition coefficient (Wildman–Crippen LogP) is 2.79. The maximum absolute atomic E-state index is 9.21. The normalized spacial score (nSPS) is 13.2. The summed E-state index contributed by atoms with van der Waals surface area (Å²) in [6.07, 6.45) is 4.45. The third-order valence-corrected chi connectivity index (χ3v) is 3.78. The summed E-state index contributed by atoms with van der Waals surface area (Å²) >= 11 is 0. The average molecular weight is 354 g/mol. The molecule has 6 nitrogen and oxygen atoms in total. The lowest BCUT2D eigenvalue weighted by molar-refractivity contribution is 0.105. The summed E-state index contributed by atoms with van der Waals surface area (Å²) in [5.74, 6) is 2.73. The molecule has 1 rings (SSSR count). The summed E-state index contributed by atoms with van der Waals surface area (Å²) in [5.41, 5.74) is 0. The van der Waals surface area contributed by atoms with Crippen LogP contribution in [0.25, 0.3) is 0 Å². The number of furan rings is 1. The Morgan fingerprint density at radius 2 is 2.20 bits per heavy atom. The SMILES string of the molecule is CCNC(=NCC(CCO)CC(C)C)NCCCOCc1ccco1. The number of aliphatic hydroxyl groups is 1. The van der Waals surface area contributed by atoms with Crippen molar-refractivity contribution in [3.8, 4) is 0 Å².